The Morgan fingerprint density at radius 3 is 2.47 bits per heavy atom. The fourth-order valence-electron chi connectivity index (χ4n) is 3.22. The Bertz CT molecular complexity index is 1310. The number of para-hydroxylation sites is 1. The summed E-state index contributed by atoms with van der Waals surface area (Å²) in [4.78, 5) is 9.12. The molecule has 3 aromatic carbocycles. The summed E-state index contributed by atoms with van der Waals surface area (Å²) in [6.07, 6.45) is 3.71. The third-order valence-corrected chi connectivity index (χ3v) is 5.53. The van der Waals surface area contributed by atoms with E-state index in [1.807, 2.05) is 60.1 Å². The molecule has 144 valence electrons. The van der Waals surface area contributed by atoms with Gasteiger partial charge in [0.2, 0.25) is 5.13 Å². The molecule has 0 unspecified atom stereocenters. The van der Waals surface area contributed by atoms with E-state index in [1.165, 1.54) is 11.3 Å². The highest BCUT2D eigenvalue weighted by Gasteiger charge is 2.03. The molecule has 0 aliphatic carbocycles. The van der Waals surface area contributed by atoms with Gasteiger partial charge in [0.1, 0.15) is 0 Å². The first-order valence-electron chi connectivity index (χ1n) is 9.60. The molecule has 0 saturated heterocycles. The van der Waals surface area contributed by atoms with Crippen LogP contribution in [0.5, 0.6) is 0 Å². The van der Waals surface area contributed by atoms with Gasteiger partial charge in [-0.05, 0) is 23.3 Å². The summed E-state index contributed by atoms with van der Waals surface area (Å²) in [6.45, 7) is 0. The van der Waals surface area contributed by atoms with Gasteiger partial charge in [0.25, 0.3) is 0 Å². The van der Waals surface area contributed by atoms with Crippen LogP contribution in [-0.4, -0.2) is 16.2 Å². The van der Waals surface area contributed by atoms with E-state index in [0.717, 1.165) is 44.0 Å². The summed E-state index contributed by atoms with van der Waals surface area (Å²) < 4.78 is 0. The topological polar surface area (TPSA) is 50.2 Å². The molecule has 1 N–H and O–H groups in total. The molecule has 0 amide bonds. The van der Waals surface area contributed by atoms with Crippen molar-refractivity contribution in [3.05, 3.63) is 102 Å². The van der Waals surface area contributed by atoms with Crippen LogP contribution < -0.4 is 5.43 Å². The zero-order chi connectivity index (χ0) is 20.2. The second kappa shape index (κ2) is 8.27. The minimum atomic E-state index is 0.768. The zero-order valence-corrected chi connectivity index (χ0v) is 16.9. The lowest BCUT2D eigenvalue weighted by Gasteiger charge is -2.04. The van der Waals surface area contributed by atoms with Gasteiger partial charge in [-0.3, -0.25) is 10.4 Å². The maximum Gasteiger partial charge on any atom is 0.203 e. The molecule has 5 heteroatoms. The number of rotatable bonds is 5. The van der Waals surface area contributed by atoms with Crippen molar-refractivity contribution in [2.75, 3.05) is 5.43 Å². The van der Waals surface area contributed by atoms with E-state index in [2.05, 4.69) is 56.9 Å². The molecule has 30 heavy (non-hydrogen) atoms. The van der Waals surface area contributed by atoms with Crippen molar-refractivity contribution >= 4 is 33.6 Å². The van der Waals surface area contributed by atoms with Crippen LogP contribution in [0.15, 0.2) is 102 Å². The minimum absolute atomic E-state index is 0.768. The van der Waals surface area contributed by atoms with Crippen molar-refractivity contribution in [3.63, 3.8) is 0 Å². The number of thiazole rings is 1. The van der Waals surface area contributed by atoms with Crippen molar-refractivity contribution < 1.29 is 0 Å². The van der Waals surface area contributed by atoms with Crippen LogP contribution >= 0.6 is 11.3 Å². The molecule has 5 aromatic rings. The van der Waals surface area contributed by atoms with E-state index in [-0.39, 0.29) is 0 Å². The predicted molar refractivity (Wildman–Crippen MR) is 126 cm³/mol. The molecular formula is C25H18N4S. The SMILES string of the molecule is C(=NNc1nc(-c2ccccc2)cs1)c1ccc(-c2cnc3ccccc3c2)cc1. The largest absolute Gasteiger partial charge is 0.256 e. The summed E-state index contributed by atoms with van der Waals surface area (Å²) in [7, 11) is 0. The lowest BCUT2D eigenvalue weighted by atomic mass is 10.0. The monoisotopic (exact) mass is 406 g/mol. The number of benzene rings is 3. The van der Waals surface area contributed by atoms with Crippen LogP contribution in [-0.2, 0) is 0 Å². The third-order valence-electron chi connectivity index (χ3n) is 4.78. The first kappa shape index (κ1) is 18.2. The van der Waals surface area contributed by atoms with Crippen molar-refractivity contribution in [2.24, 2.45) is 5.10 Å². The van der Waals surface area contributed by atoms with E-state index in [0.29, 0.717) is 0 Å². The highest BCUT2D eigenvalue weighted by molar-refractivity contribution is 7.14. The normalized spacial score (nSPS) is 11.2. The van der Waals surface area contributed by atoms with Gasteiger partial charge in [0.15, 0.2) is 0 Å². The number of pyridine rings is 1. The summed E-state index contributed by atoms with van der Waals surface area (Å²) >= 11 is 1.54. The Labute approximate surface area is 178 Å². The molecular weight excluding hydrogens is 388 g/mol. The average Bonchev–Trinajstić information content (AvgIpc) is 3.29. The lowest BCUT2D eigenvalue weighted by Crippen LogP contribution is -1.90. The summed E-state index contributed by atoms with van der Waals surface area (Å²) in [6, 6.07) is 28.7. The van der Waals surface area contributed by atoms with Crippen LogP contribution in [0, 0.1) is 0 Å². The van der Waals surface area contributed by atoms with Gasteiger partial charge in [-0.25, -0.2) is 4.98 Å². The van der Waals surface area contributed by atoms with Crippen LogP contribution in [0.2, 0.25) is 0 Å². The molecule has 2 aromatic heterocycles. The molecule has 0 aliphatic rings. The van der Waals surface area contributed by atoms with Crippen molar-refractivity contribution in [1.29, 1.82) is 0 Å². The molecule has 4 nitrogen and oxygen atoms in total. The Kier molecular flexibility index (Phi) is 5.02. The standard InChI is InChI=1S/C25H18N4S/c1-2-6-20(7-3-1)24-17-30-25(28-24)29-27-15-18-10-12-19(13-11-18)22-14-21-8-4-5-9-23(21)26-16-22/h1-17H,(H,28,29). The third kappa shape index (κ3) is 3.97. The lowest BCUT2D eigenvalue weighted by molar-refractivity contribution is 1.29. The number of fused-ring (bicyclic) bond motifs is 1. The minimum Gasteiger partial charge on any atom is -0.256 e. The number of hydrazone groups is 1. The van der Waals surface area contributed by atoms with Gasteiger partial charge >= 0.3 is 0 Å². The average molecular weight is 407 g/mol. The molecule has 0 bridgehead atoms. The first-order chi connectivity index (χ1) is 14.8. The second-order valence-corrected chi connectivity index (χ2v) is 7.67. The number of aromatic nitrogens is 2. The number of nitrogens with zero attached hydrogens (tertiary/aromatic N) is 3. The Morgan fingerprint density at radius 1 is 0.800 bits per heavy atom. The van der Waals surface area contributed by atoms with E-state index in [9.17, 15) is 0 Å². The van der Waals surface area contributed by atoms with Gasteiger partial charge in [0.05, 0.1) is 17.4 Å². The van der Waals surface area contributed by atoms with E-state index < -0.39 is 0 Å². The van der Waals surface area contributed by atoms with Gasteiger partial charge < -0.3 is 0 Å². The molecule has 0 atom stereocenters. The fraction of sp³-hybridized carbons (Fsp3) is 0. The number of hydrogen-bond donors (Lipinski definition) is 1. The Hall–Kier alpha value is -3.83. The molecule has 0 spiro atoms. The van der Waals surface area contributed by atoms with Gasteiger partial charge in [0, 0.05) is 28.1 Å². The fourth-order valence-corrected chi connectivity index (χ4v) is 3.89. The summed E-state index contributed by atoms with van der Waals surface area (Å²) in [5.74, 6) is 0. The quantitative estimate of drug-likeness (QED) is 0.269. The summed E-state index contributed by atoms with van der Waals surface area (Å²) in [5.41, 5.74) is 9.32. The predicted octanol–water partition coefficient (Wildman–Crippen LogP) is 6.47. The van der Waals surface area contributed by atoms with Crippen molar-refractivity contribution in [2.45, 2.75) is 0 Å². The zero-order valence-electron chi connectivity index (χ0n) is 16.1. The summed E-state index contributed by atoms with van der Waals surface area (Å²) in [5, 5.41) is 8.26. The van der Waals surface area contributed by atoms with Crippen LogP contribution in [0.3, 0.4) is 0 Å². The van der Waals surface area contributed by atoms with Crippen LogP contribution in [0.1, 0.15) is 5.56 Å². The Morgan fingerprint density at radius 2 is 1.60 bits per heavy atom. The highest BCUT2D eigenvalue weighted by Crippen LogP contribution is 2.25. The van der Waals surface area contributed by atoms with E-state index in [1.54, 1.807) is 6.21 Å². The van der Waals surface area contributed by atoms with Gasteiger partial charge in [-0.1, -0.05) is 72.8 Å². The number of anilines is 1. The maximum absolute atomic E-state index is 4.58. The van der Waals surface area contributed by atoms with Crippen LogP contribution in [0.25, 0.3) is 33.3 Å². The van der Waals surface area contributed by atoms with E-state index >= 15 is 0 Å². The number of nitrogens with one attached hydrogen (secondary N) is 1. The molecule has 5 rings (SSSR count). The van der Waals surface area contributed by atoms with Crippen molar-refractivity contribution in [3.8, 4) is 22.4 Å². The number of hydrogen-bond acceptors (Lipinski definition) is 5. The maximum atomic E-state index is 4.58. The highest BCUT2D eigenvalue weighted by atomic mass is 32.1. The van der Waals surface area contributed by atoms with Crippen LogP contribution in [0.4, 0.5) is 5.13 Å². The molecule has 0 fully saturated rings. The molecule has 0 aliphatic heterocycles. The van der Waals surface area contributed by atoms with Gasteiger partial charge in [-0.15, -0.1) is 11.3 Å². The smallest absolute Gasteiger partial charge is 0.203 e. The first-order valence-corrected chi connectivity index (χ1v) is 10.5. The van der Waals surface area contributed by atoms with Crippen molar-refractivity contribution in [1.82, 2.24) is 9.97 Å². The second-order valence-electron chi connectivity index (χ2n) is 6.81. The van der Waals surface area contributed by atoms with E-state index in [4.69, 9.17) is 0 Å². The Balaban J connectivity index is 1.27. The molecule has 2 heterocycles. The molecule has 0 radical (unpaired) electrons. The molecule has 0 saturated carbocycles. The van der Waals surface area contributed by atoms with Gasteiger partial charge in [-0.2, -0.15) is 5.10 Å².